The molecule has 5 heteroatoms. The van der Waals surface area contributed by atoms with Crippen molar-refractivity contribution in [2.45, 2.75) is 90.9 Å². The number of nitrogens with zero attached hydrogens (tertiary/aromatic N) is 2. The van der Waals surface area contributed by atoms with Crippen LogP contribution in [-0.2, 0) is 15.9 Å². The second kappa shape index (κ2) is 5.38. The summed E-state index contributed by atoms with van der Waals surface area (Å²) in [6.07, 6.45) is 10.7. The lowest BCUT2D eigenvalue weighted by Crippen LogP contribution is -2.48. The Morgan fingerprint density at radius 2 is 1.50 bits per heavy atom. The average Bonchev–Trinajstić information content (AvgIpc) is 2.94. The molecule has 0 N–H and O–H groups in total. The number of hydrogen-bond acceptors (Lipinski definition) is 3. The fraction of sp³-hybridized carbons (Fsp3) is 0.857. The van der Waals surface area contributed by atoms with Gasteiger partial charge in [-0.2, -0.15) is 5.10 Å². The minimum atomic E-state index is -0.301. The summed E-state index contributed by atoms with van der Waals surface area (Å²) in [5, 5.41) is 4.79. The van der Waals surface area contributed by atoms with Gasteiger partial charge in [0.25, 0.3) is 0 Å². The molecule has 0 aromatic carbocycles. The smallest absolute Gasteiger partial charge is 0.399 e. The topological polar surface area (TPSA) is 36.3 Å². The van der Waals surface area contributed by atoms with Crippen LogP contribution in [0, 0.1) is 30.1 Å². The molecule has 5 aliphatic rings. The molecule has 1 aliphatic heterocycles. The highest BCUT2D eigenvalue weighted by Crippen LogP contribution is 2.60. The van der Waals surface area contributed by atoms with Crippen molar-refractivity contribution in [1.82, 2.24) is 9.78 Å². The van der Waals surface area contributed by atoms with Gasteiger partial charge in [0.1, 0.15) is 0 Å². The van der Waals surface area contributed by atoms with Gasteiger partial charge in [0.15, 0.2) is 0 Å². The van der Waals surface area contributed by atoms with Gasteiger partial charge in [-0.1, -0.05) is 0 Å². The summed E-state index contributed by atoms with van der Waals surface area (Å²) in [6, 6.07) is 0. The van der Waals surface area contributed by atoms with Crippen molar-refractivity contribution in [3.63, 3.8) is 0 Å². The van der Waals surface area contributed by atoms with Crippen molar-refractivity contribution in [2.75, 3.05) is 0 Å². The number of aromatic nitrogens is 2. The number of hydrogen-bond donors (Lipinski definition) is 0. The first-order valence-electron chi connectivity index (χ1n) is 10.5. The maximum absolute atomic E-state index is 6.26. The van der Waals surface area contributed by atoms with E-state index in [0.29, 0.717) is 5.41 Å². The van der Waals surface area contributed by atoms with Gasteiger partial charge in [-0.05, 0) is 96.3 Å². The van der Waals surface area contributed by atoms with Crippen LogP contribution in [0.2, 0.25) is 0 Å². The van der Waals surface area contributed by atoms with Crippen molar-refractivity contribution in [3.8, 4) is 0 Å². The van der Waals surface area contributed by atoms with Gasteiger partial charge in [-0.25, -0.2) is 0 Å². The molecule has 2 heterocycles. The van der Waals surface area contributed by atoms with E-state index in [1.807, 2.05) is 6.20 Å². The van der Waals surface area contributed by atoms with E-state index in [9.17, 15) is 0 Å². The van der Waals surface area contributed by atoms with E-state index in [2.05, 4.69) is 39.3 Å². The van der Waals surface area contributed by atoms with Gasteiger partial charge in [-0.3, -0.25) is 4.68 Å². The van der Waals surface area contributed by atoms with E-state index in [1.165, 1.54) is 44.2 Å². The van der Waals surface area contributed by atoms with Crippen LogP contribution in [0.5, 0.6) is 0 Å². The average molecular weight is 356 g/mol. The van der Waals surface area contributed by atoms with Crippen molar-refractivity contribution >= 4 is 12.6 Å². The van der Waals surface area contributed by atoms with Gasteiger partial charge in [0.05, 0.1) is 11.2 Å². The quantitative estimate of drug-likeness (QED) is 0.775. The molecule has 6 rings (SSSR count). The summed E-state index contributed by atoms with van der Waals surface area (Å²) in [5.41, 5.74) is 2.23. The predicted molar refractivity (Wildman–Crippen MR) is 103 cm³/mol. The van der Waals surface area contributed by atoms with Gasteiger partial charge >= 0.3 is 7.12 Å². The van der Waals surface area contributed by atoms with Crippen LogP contribution < -0.4 is 5.46 Å². The molecular formula is C21H33BN2O2. The highest BCUT2D eigenvalue weighted by atomic mass is 16.7. The second-order valence-corrected chi connectivity index (χ2v) is 10.8. The molecule has 142 valence electrons. The molecule has 4 bridgehead atoms. The summed E-state index contributed by atoms with van der Waals surface area (Å²) in [5.74, 6) is 2.96. The minimum absolute atomic E-state index is 0.299. The van der Waals surface area contributed by atoms with Crippen molar-refractivity contribution in [2.24, 2.45) is 23.2 Å². The van der Waals surface area contributed by atoms with Crippen LogP contribution in [0.15, 0.2) is 6.20 Å². The van der Waals surface area contributed by atoms with Gasteiger partial charge < -0.3 is 9.31 Å². The molecule has 0 unspecified atom stereocenters. The molecule has 1 saturated heterocycles. The van der Waals surface area contributed by atoms with E-state index >= 15 is 0 Å². The monoisotopic (exact) mass is 356 g/mol. The van der Waals surface area contributed by atoms with Crippen LogP contribution in [-0.4, -0.2) is 28.1 Å². The molecule has 0 amide bonds. The third-order valence-electron chi connectivity index (χ3n) is 8.30. The van der Waals surface area contributed by atoms with Crippen LogP contribution >= 0.6 is 0 Å². The number of rotatable bonds is 3. The lowest BCUT2D eigenvalue weighted by molar-refractivity contribution is -0.0638. The fourth-order valence-electron chi connectivity index (χ4n) is 6.62. The Hall–Kier alpha value is -0.805. The Kier molecular flexibility index (Phi) is 3.58. The Balaban J connectivity index is 1.38. The fourth-order valence-corrected chi connectivity index (χ4v) is 6.62. The zero-order valence-electron chi connectivity index (χ0n) is 17.0. The van der Waals surface area contributed by atoms with E-state index in [0.717, 1.165) is 29.8 Å². The predicted octanol–water partition coefficient (Wildman–Crippen LogP) is 3.71. The van der Waals surface area contributed by atoms with Crippen molar-refractivity contribution in [1.29, 1.82) is 0 Å². The van der Waals surface area contributed by atoms with Crippen LogP contribution in [0.25, 0.3) is 0 Å². The lowest BCUT2D eigenvalue weighted by atomic mass is 9.49. The molecule has 4 nitrogen and oxygen atoms in total. The Bertz CT molecular complexity index is 672. The molecule has 0 spiro atoms. The zero-order chi connectivity index (χ0) is 18.3. The highest BCUT2D eigenvalue weighted by Gasteiger charge is 2.53. The molecule has 4 saturated carbocycles. The maximum Gasteiger partial charge on any atom is 0.498 e. The molecule has 1 aromatic heterocycles. The van der Waals surface area contributed by atoms with Crippen LogP contribution in [0.1, 0.15) is 71.9 Å². The van der Waals surface area contributed by atoms with Crippen molar-refractivity contribution in [3.05, 3.63) is 11.9 Å². The first-order valence-corrected chi connectivity index (χ1v) is 10.5. The van der Waals surface area contributed by atoms with Gasteiger partial charge in [-0.15, -0.1) is 0 Å². The third-order valence-corrected chi connectivity index (χ3v) is 8.30. The largest absolute Gasteiger partial charge is 0.498 e. The Morgan fingerprint density at radius 3 is 2.00 bits per heavy atom. The first-order chi connectivity index (χ1) is 12.2. The lowest BCUT2D eigenvalue weighted by Gasteiger charge is -2.56. The third kappa shape index (κ3) is 2.53. The van der Waals surface area contributed by atoms with E-state index in [1.54, 1.807) is 0 Å². The van der Waals surface area contributed by atoms with Crippen LogP contribution in [0.3, 0.4) is 0 Å². The molecule has 4 aliphatic carbocycles. The molecular weight excluding hydrogens is 323 g/mol. The van der Waals surface area contributed by atoms with E-state index in [4.69, 9.17) is 14.4 Å². The van der Waals surface area contributed by atoms with Crippen molar-refractivity contribution < 1.29 is 9.31 Å². The second-order valence-electron chi connectivity index (χ2n) is 10.8. The standard InChI is InChI=1S/C21H33BN2O2/c1-14-18(22-25-19(2,3)20(4,5)26-22)12-23-24(14)13-21-9-15-6-16(10-21)8-17(7-15)11-21/h12,15-17H,6-11,13H2,1-5H3. The van der Waals surface area contributed by atoms with E-state index in [-0.39, 0.29) is 18.3 Å². The summed E-state index contributed by atoms with van der Waals surface area (Å²) < 4.78 is 14.8. The highest BCUT2D eigenvalue weighted by molar-refractivity contribution is 6.62. The molecule has 0 atom stereocenters. The molecule has 5 fully saturated rings. The minimum Gasteiger partial charge on any atom is -0.399 e. The summed E-state index contributed by atoms with van der Waals surface area (Å²) >= 11 is 0. The molecule has 26 heavy (non-hydrogen) atoms. The normalized spacial score (nSPS) is 39.7. The zero-order valence-corrected chi connectivity index (χ0v) is 17.0. The summed E-state index contributed by atoms with van der Waals surface area (Å²) in [6.45, 7) is 11.7. The van der Waals surface area contributed by atoms with Gasteiger partial charge in [0.2, 0.25) is 0 Å². The maximum atomic E-state index is 6.26. The Morgan fingerprint density at radius 1 is 1.00 bits per heavy atom. The van der Waals surface area contributed by atoms with E-state index < -0.39 is 0 Å². The van der Waals surface area contributed by atoms with Gasteiger partial charge in [0, 0.05) is 23.9 Å². The van der Waals surface area contributed by atoms with Crippen LogP contribution in [0.4, 0.5) is 0 Å². The SMILES string of the molecule is Cc1c(B2OC(C)(C)C(C)(C)O2)cnn1CC12CC3CC(CC(C3)C1)C2. The summed E-state index contributed by atoms with van der Waals surface area (Å²) in [7, 11) is -0.301. The summed E-state index contributed by atoms with van der Waals surface area (Å²) in [4.78, 5) is 0. The molecule has 1 aromatic rings. The Labute approximate surface area is 158 Å². The molecule has 0 radical (unpaired) electrons. The first kappa shape index (κ1) is 17.3.